The van der Waals surface area contributed by atoms with Crippen LogP contribution in [-0.4, -0.2) is 59.7 Å². The van der Waals surface area contributed by atoms with E-state index in [0.717, 1.165) is 24.3 Å². The fourth-order valence-corrected chi connectivity index (χ4v) is 4.31. The topological polar surface area (TPSA) is 107 Å². The van der Waals surface area contributed by atoms with Gasteiger partial charge in [-0.25, -0.2) is 4.79 Å². The van der Waals surface area contributed by atoms with E-state index in [1.54, 1.807) is 31.2 Å². The number of hydrogen-bond donors (Lipinski definition) is 1. The Balaban J connectivity index is 1.25. The second-order valence-corrected chi connectivity index (χ2v) is 8.60. The molecule has 0 atom stereocenters. The molecule has 2 amide bonds. The molecular formula is C27H24N4O5. The first-order valence-corrected chi connectivity index (χ1v) is 11.5. The molecule has 0 aliphatic carbocycles. The molecule has 36 heavy (non-hydrogen) atoms. The van der Waals surface area contributed by atoms with Gasteiger partial charge in [0.25, 0.3) is 11.8 Å². The molecule has 0 radical (unpaired) electrons. The minimum absolute atomic E-state index is 0.0210. The lowest BCUT2D eigenvalue weighted by molar-refractivity contribution is -0.114. The summed E-state index contributed by atoms with van der Waals surface area (Å²) in [5.41, 5.74) is 3.97. The van der Waals surface area contributed by atoms with Crippen molar-refractivity contribution in [3.63, 3.8) is 0 Å². The Morgan fingerprint density at radius 1 is 0.972 bits per heavy atom. The molecule has 9 nitrogen and oxygen atoms in total. The molecule has 3 aromatic rings. The summed E-state index contributed by atoms with van der Waals surface area (Å²) in [5, 5.41) is 14.8. The number of carbonyl (C=O) groups is 3. The number of furan rings is 1. The Labute approximate surface area is 207 Å². The Morgan fingerprint density at radius 3 is 2.39 bits per heavy atom. The third-order valence-corrected chi connectivity index (χ3v) is 6.30. The van der Waals surface area contributed by atoms with Crippen LogP contribution in [0.5, 0.6) is 0 Å². The summed E-state index contributed by atoms with van der Waals surface area (Å²) in [6.45, 7) is 4.44. The zero-order valence-corrected chi connectivity index (χ0v) is 19.6. The number of amides is 2. The van der Waals surface area contributed by atoms with Crippen LogP contribution in [0.4, 0.5) is 11.4 Å². The first-order chi connectivity index (χ1) is 17.4. The van der Waals surface area contributed by atoms with Gasteiger partial charge in [-0.15, -0.1) is 0 Å². The van der Waals surface area contributed by atoms with Crippen LogP contribution in [0.25, 0.3) is 6.08 Å². The number of hydrogen-bond acceptors (Lipinski definition) is 6. The summed E-state index contributed by atoms with van der Waals surface area (Å²) in [6, 6.07) is 15.7. The standard InChI is InChI=1S/C27H24N4O5/c1-18-24(26(33)31(28-18)23-4-2-3-20(16-23)27(34)35)15-19-5-7-22(8-6-19)29-10-12-30(13-11-29)25(32)21-9-14-36-17-21/h2-9,14-17H,10-13H2,1H3,(H,34,35)/b24-15-. The number of carboxylic acid groups (broad SMARTS) is 1. The number of aromatic carboxylic acids is 1. The molecule has 1 aromatic heterocycles. The fraction of sp³-hybridized carbons (Fsp3) is 0.185. The van der Waals surface area contributed by atoms with Crippen LogP contribution in [0.2, 0.25) is 0 Å². The van der Waals surface area contributed by atoms with Crippen molar-refractivity contribution in [1.29, 1.82) is 0 Å². The van der Waals surface area contributed by atoms with Gasteiger partial charge in [0.15, 0.2) is 0 Å². The van der Waals surface area contributed by atoms with Gasteiger partial charge in [-0.1, -0.05) is 18.2 Å². The zero-order chi connectivity index (χ0) is 25.2. The quantitative estimate of drug-likeness (QED) is 0.553. The van der Waals surface area contributed by atoms with Gasteiger partial charge in [-0.05, 0) is 55.0 Å². The molecule has 0 spiro atoms. The van der Waals surface area contributed by atoms with Gasteiger partial charge in [0.1, 0.15) is 6.26 Å². The lowest BCUT2D eigenvalue weighted by atomic mass is 10.1. The number of carbonyl (C=O) groups excluding carboxylic acids is 2. The zero-order valence-electron chi connectivity index (χ0n) is 19.6. The molecule has 5 rings (SSSR count). The highest BCUT2D eigenvalue weighted by Gasteiger charge is 2.29. The minimum atomic E-state index is -1.06. The van der Waals surface area contributed by atoms with Crippen molar-refractivity contribution >= 4 is 40.9 Å². The highest BCUT2D eigenvalue weighted by atomic mass is 16.4. The molecule has 0 bridgehead atoms. The monoisotopic (exact) mass is 484 g/mol. The van der Waals surface area contributed by atoms with E-state index >= 15 is 0 Å². The number of carboxylic acids is 1. The molecule has 2 aromatic carbocycles. The predicted octanol–water partition coefficient (Wildman–Crippen LogP) is 3.75. The fourth-order valence-electron chi connectivity index (χ4n) is 4.31. The predicted molar refractivity (Wildman–Crippen MR) is 135 cm³/mol. The van der Waals surface area contributed by atoms with Crippen molar-refractivity contribution in [2.75, 3.05) is 36.1 Å². The average Bonchev–Trinajstić information content (AvgIpc) is 3.54. The number of nitrogens with zero attached hydrogens (tertiary/aromatic N) is 4. The van der Waals surface area contributed by atoms with Gasteiger partial charge in [0.2, 0.25) is 0 Å². The van der Waals surface area contributed by atoms with Crippen LogP contribution in [0.3, 0.4) is 0 Å². The van der Waals surface area contributed by atoms with Crippen LogP contribution < -0.4 is 9.91 Å². The lowest BCUT2D eigenvalue weighted by Crippen LogP contribution is -2.48. The van der Waals surface area contributed by atoms with Crippen LogP contribution >= 0.6 is 0 Å². The smallest absolute Gasteiger partial charge is 0.335 e. The maximum absolute atomic E-state index is 13.0. The summed E-state index contributed by atoms with van der Waals surface area (Å²) in [7, 11) is 0. The molecule has 0 unspecified atom stereocenters. The summed E-state index contributed by atoms with van der Waals surface area (Å²) >= 11 is 0. The minimum Gasteiger partial charge on any atom is -0.478 e. The molecule has 0 saturated carbocycles. The molecule has 2 aliphatic rings. The normalized spacial score (nSPS) is 17.0. The van der Waals surface area contributed by atoms with Crippen molar-refractivity contribution in [2.24, 2.45) is 5.10 Å². The summed E-state index contributed by atoms with van der Waals surface area (Å²) < 4.78 is 5.02. The van der Waals surface area contributed by atoms with Gasteiger partial charge < -0.3 is 19.3 Å². The molecule has 1 fully saturated rings. The largest absolute Gasteiger partial charge is 0.478 e. The SMILES string of the molecule is CC1=NN(c2cccc(C(=O)O)c2)C(=O)/C1=C\c1ccc(N2CCN(C(=O)c3ccoc3)CC2)cc1. The number of rotatable bonds is 5. The summed E-state index contributed by atoms with van der Waals surface area (Å²) in [4.78, 5) is 40.9. The van der Waals surface area contributed by atoms with Crippen LogP contribution in [0.1, 0.15) is 33.2 Å². The van der Waals surface area contributed by atoms with Gasteiger partial charge in [-0.3, -0.25) is 9.59 Å². The Kier molecular flexibility index (Phi) is 6.12. The van der Waals surface area contributed by atoms with E-state index in [0.29, 0.717) is 35.6 Å². The summed E-state index contributed by atoms with van der Waals surface area (Å²) in [6.07, 6.45) is 4.75. The van der Waals surface area contributed by atoms with E-state index in [9.17, 15) is 19.5 Å². The molecule has 1 saturated heterocycles. The molecule has 9 heteroatoms. The first-order valence-electron chi connectivity index (χ1n) is 11.5. The van der Waals surface area contributed by atoms with Crippen LogP contribution in [-0.2, 0) is 4.79 Å². The van der Waals surface area contributed by atoms with E-state index in [1.807, 2.05) is 29.2 Å². The van der Waals surface area contributed by atoms with E-state index in [4.69, 9.17) is 4.42 Å². The maximum atomic E-state index is 13.0. The lowest BCUT2D eigenvalue weighted by Gasteiger charge is -2.36. The Bertz CT molecular complexity index is 1370. The van der Waals surface area contributed by atoms with Crippen LogP contribution in [0.15, 0.2) is 82.2 Å². The molecular weight excluding hydrogens is 460 g/mol. The third kappa shape index (κ3) is 4.50. The second-order valence-electron chi connectivity index (χ2n) is 8.60. The first kappa shape index (κ1) is 23.1. The van der Waals surface area contributed by atoms with Gasteiger partial charge in [0.05, 0.1) is 34.4 Å². The molecule has 3 heterocycles. The third-order valence-electron chi connectivity index (χ3n) is 6.30. The van der Waals surface area contributed by atoms with Gasteiger partial charge in [-0.2, -0.15) is 10.1 Å². The highest BCUT2D eigenvalue weighted by molar-refractivity contribution is 6.32. The van der Waals surface area contributed by atoms with E-state index in [-0.39, 0.29) is 17.4 Å². The Morgan fingerprint density at radius 2 is 1.72 bits per heavy atom. The van der Waals surface area contributed by atoms with E-state index in [1.165, 1.54) is 29.7 Å². The second kappa shape index (κ2) is 9.53. The number of piperazine rings is 1. The van der Waals surface area contributed by atoms with Gasteiger partial charge in [0, 0.05) is 31.9 Å². The number of anilines is 2. The highest BCUT2D eigenvalue weighted by Crippen LogP contribution is 2.26. The van der Waals surface area contributed by atoms with Crippen molar-refractivity contribution in [3.8, 4) is 0 Å². The van der Waals surface area contributed by atoms with Crippen molar-refractivity contribution < 1.29 is 23.9 Å². The van der Waals surface area contributed by atoms with Crippen molar-refractivity contribution in [2.45, 2.75) is 6.92 Å². The van der Waals surface area contributed by atoms with Crippen molar-refractivity contribution in [1.82, 2.24) is 4.90 Å². The molecule has 1 N–H and O–H groups in total. The van der Waals surface area contributed by atoms with Crippen LogP contribution in [0, 0.1) is 0 Å². The molecule has 2 aliphatic heterocycles. The summed E-state index contributed by atoms with van der Waals surface area (Å²) in [5.74, 6) is -1.39. The Hall–Kier alpha value is -4.66. The average molecular weight is 485 g/mol. The molecule has 182 valence electrons. The van der Waals surface area contributed by atoms with E-state index < -0.39 is 5.97 Å². The maximum Gasteiger partial charge on any atom is 0.335 e. The number of benzene rings is 2. The number of hydrazone groups is 1. The van der Waals surface area contributed by atoms with Crippen molar-refractivity contribution in [3.05, 3.63) is 89.4 Å². The van der Waals surface area contributed by atoms with Gasteiger partial charge >= 0.3 is 5.97 Å². The van der Waals surface area contributed by atoms with E-state index in [2.05, 4.69) is 10.0 Å².